The van der Waals surface area contributed by atoms with Gasteiger partial charge in [-0.15, -0.1) is 0 Å². The Morgan fingerprint density at radius 1 is 0.950 bits per heavy atom. The lowest BCUT2D eigenvalue weighted by Gasteiger charge is -2.10. The van der Waals surface area contributed by atoms with Gasteiger partial charge in [-0.2, -0.15) is 0 Å². The summed E-state index contributed by atoms with van der Waals surface area (Å²) in [5.41, 5.74) is 1.99. The SMILES string of the molecule is CCC(O)c1ccc(Oc2ccc(CCO)cc2)cc1. The van der Waals surface area contributed by atoms with Gasteiger partial charge in [-0.3, -0.25) is 0 Å². The molecule has 20 heavy (non-hydrogen) atoms. The quantitative estimate of drug-likeness (QED) is 0.846. The molecule has 2 aromatic carbocycles. The van der Waals surface area contributed by atoms with Crippen LogP contribution in [0.3, 0.4) is 0 Å². The van der Waals surface area contributed by atoms with Crippen LogP contribution in [0.2, 0.25) is 0 Å². The highest BCUT2D eigenvalue weighted by Gasteiger charge is 2.04. The van der Waals surface area contributed by atoms with Crippen molar-refractivity contribution in [2.45, 2.75) is 25.9 Å². The Morgan fingerprint density at radius 2 is 1.50 bits per heavy atom. The zero-order valence-corrected chi connectivity index (χ0v) is 11.6. The second-order valence-corrected chi connectivity index (χ2v) is 4.71. The van der Waals surface area contributed by atoms with Gasteiger partial charge in [0.1, 0.15) is 11.5 Å². The summed E-state index contributed by atoms with van der Waals surface area (Å²) in [5.74, 6) is 1.50. The summed E-state index contributed by atoms with van der Waals surface area (Å²) < 4.78 is 5.74. The zero-order valence-electron chi connectivity index (χ0n) is 11.6. The van der Waals surface area contributed by atoms with Gasteiger partial charge in [-0.25, -0.2) is 0 Å². The Morgan fingerprint density at radius 3 is 2.00 bits per heavy atom. The van der Waals surface area contributed by atoms with E-state index < -0.39 is 6.10 Å². The van der Waals surface area contributed by atoms with Crippen LogP contribution in [0.15, 0.2) is 48.5 Å². The predicted octanol–water partition coefficient (Wildman–Crippen LogP) is 3.46. The summed E-state index contributed by atoms with van der Waals surface area (Å²) in [6.07, 6.45) is 0.943. The van der Waals surface area contributed by atoms with E-state index >= 15 is 0 Å². The van der Waals surface area contributed by atoms with Crippen molar-refractivity contribution in [2.24, 2.45) is 0 Å². The molecular weight excluding hydrogens is 252 g/mol. The molecule has 3 heteroatoms. The molecule has 0 saturated heterocycles. The summed E-state index contributed by atoms with van der Waals surface area (Å²) in [6.45, 7) is 2.10. The highest BCUT2D eigenvalue weighted by atomic mass is 16.5. The standard InChI is InChI=1S/C17H20O3/c1-2-17(19)14-5-9-16(10-6-14)20-15-7-3-13(4-8-15)11-12-18/h3-10,17-19H,2,11-12H2,1H3. The molecule has 0 aromatic heterocycles. The molecule has 2 aromatic rings. The molecule has 0 aliphatic carbocycles. The van der Waals surface area contributed by atoms with Gasteiger partial charge in [0.25, 0.3) is 0 Å². The largest absolute Gasteiger partial charge is 0.457 e. The second-order valence-electron chi connectivity index (χ2n) is 4.71. The molecule has 1 atom stereocenters. The van der Waals surface area contributed by atoms with E-state index in [1.54, 1.807) is 0 Å². The van der Waals surface area contributed by atoms with E-state index in [0.717, 1.165) is 22.6 Å². The van der Waals surface area contributed by atoms with Crippen LogP contribution in [0, 0.1) is 0 Å². The molecule has 0 aliphatic rings. The Hall–Kier alpha value is -1.84. The first-order chi connectivity index (χ1) is 9.72. The van der Waals surface area contributed by atoms with E-state index in [1.807, 2.05) is 55.5 Å². The summed E-state index contributed by atoms with van der Waals surface area (Å²) in [7, 11) is 0. The first-order valence-electron chi connectivity index (χ1n) is 6.88. The molecule has 0 amide bonds. The number of hydrogen-bond donors (Lipinski definition) is 2. The molecule has 1 unspecified atom stereocenters. The molecule has 0 bridgehead atoms. The maximum atomic E-state index is 9.73. The first-order valence-corrected chi connectivity index (χ1v) is 6.88. The maximum absolute atomic E-state index is 9.73. The molecule has 0 fully saturated rings. The van der Waals surface area contributed by atoms with Crippen LogP contribution in [0.25, 0.3) is 0 Å². The van der Waals surface area contributed by atoms with E-state index in [2.05, 4.69) is 0 Å². The van der Waals surface area contributed by atoms with Crippen LogP contribution >= 0.6 is 0 Å². The lowest BCUT2D eigenvalue weighted by Crippen LogP contribution is -1.94. The van der Waals surface area contributed by atoms with Crippen molar-refractivity contribution in [3.63, 3.8) is 0 Å². The lowest BCUT2D eigenvalue weighted by atomic mass is 10.1. The van der Waals surface area contributed by atoms with Crippen molar-refractivity contribution in [2.75, 3.05) is 6.61 Å². The average Bonchev–Trinajstić information content (AvgIpc) is 2.49. The van der Waals surface area contributed by atoms with E-state index in [4.69, 9.17) is 9.84 Å². The summed E-state index contributed by atoms with van der Waals surface area (Å²) in [6, 6.07) is 15.1. The molecule has 0 spiro atoms. The smallest absolute Gasteiger partial charge is 0.127 e. The fraction of sp³-hybridized carbons (Fsp3) is 0.294. The second kappa shape index (κ2) is 7.08. The van der Waals surface area contributed by atoms with Crippen LogP contribution < -0.4 is 4.74 Å². The molecule has 2 rings (SSSR count). The molecule has 3 nitrogen and oxygen atoms in total. The van der Waals surface area contributed by atoms with Crippen molar-refractivity contribution < 1.29 is 14.9 Å². The van der Waals surface area contributed by atoms with Gasteiger partial charge in [0.05, 0.1) is 6.10 Å². The molecule has 2 N–H and O–H groups in total. The molecule has 0 saturated carbocycles. The third-order valence-corrected chi connectivity index (χ3v) is 3.21. The average molecular weight is 272 g/mol. The van der Waals surface area contributed by atoms with Crippen molar-refractivity contribution >= 4 is 0 Å². The van der Waals surface area contributed by atoms with Crippen molar-refractivity contribution in [1.82, 2.24) is 0 Å². The lowest BCUT2D eigenvalue weighted by molar-refractivity contribution is 0.173. The van der Waals surface area contributed by atoms with E-state index in [9.17, 15) is 5.11 Å². The minimum atomic E-state index is -0.415. The molecular formula is C17H20O3. The van der Waals surface area contributed by atoms with Gasteiger partial charge >= 0.3 is 0 Å². The van der Waals surface area contributed by atoms with Gasteiger partial charge < -0.3 is 14.9 Å². The minimum Gasteiger partial charge on any atom is -0.457 e. The van der Waals surface area contributed by atoms with Gasteiger partial charge in [0, 0.05) is 6.61 Å². The number of ether oxygens (including phenoxy) is 1. The fourth-order valence-electron chi connectivity index (χ4n) is 1.98. The number of aliphatic hydroxyl groups excluding tert-OH is 2. The highest BCUT2D eigenvalue weighted by Crippen LogP contribution is 2.24. The highest BCUT2D eigenvalue weighted by molar-refractivity contribution is 5.35. The summed E-state index contributed by atoms with van der Waals surface area (Å²) >= 11 is 0. The molecule has 106 valence electrons. The normalized spacial score (nSPS) is 12.2. The fourth-order valence-corrected chi connectivity index (χ4v) is 1.98. The van der Waals surface area contributed by atoms with Crippen molar-refractivity contribution in [3.05, 3.63) is 59.7 Å². The third kappa shape index (κ3) is 3.83. The van der Waals surface area contributed by atoms with E-state index in [1.165, 1.54) is 0 Å². The predicted molar refractivity (Wildman–Crippen MR) is 79.0 cm³/mol. The van der Waals surface area contributed by atoms with Crippen LogP contribution in [0.5, 0.6) is 11.5 Å². The third-order valence-electron chi connectivity index (χ3n) is 3.21. The molecule has 0 radical (unpaired) electrons. The number of hydrogen-bond acceptors (Lipinski definition) is 3. The number of rotatable bonds is 6. The topological polar surface area (TPSA) is 49.7 Å². The van der Waals surface area contributed by atoms with Crippen LogP contribution in [0.1, 0.15) is 30.6 Å². The molecule has 0 heterocycles. The first kappa shape index (κ1) is 14.6. The van der Waals surface area contributed by atoms with Crippen molar-refractivity contribution in [3.8, 4) is 11.5 Å². The van der Waals surface area contributed by atoms with E-state index in [-0.39, 0.29) is 6.61 Å². The summed E-state index contributed by atoms with van der Waals surface area (Å²) in [4.78, 5) is 0. The summed E-state index contributed by atoms with van der Waals surface area (Å²) in [5, 5.41) is 18.6. The Kier molecular flexibility index (Phi) is 5.16. The van der Waals surface area contributed by atoms with Crippen molar-refractivity contribution in [1.29, 1.82) is 0 Å². The minimum absolute atomic E-state index is 0.154. The van der Waals surface area contributed by atoms with Gasteiger partial charge in [0.15, 0.2) is 0 Å². The van der Waals surface area contributed by atoms with Gasteiger partial charge in [-0.05, 0) is 48.2 Å². The van der Waals surface area contributed by atoms with Crippen LogP contribution in [0.4, 0.5) is 0 Å². The van der Waals surface area contributed by atoms with Crippen LogP contribution in [-0.2, 0) is 6.42 Å². The number of benzene rings is 2. The monoisotopic (exact) mass is 272 g/mol. The van der Waals surface area contributed by atoms with E-state index in [0.29, 0.717) is 12.8 Å². The Balaban J connectivity index is 2.02. The molecule has 0 aliphatic heterocycles. The van der Waals surface area contributed by atoms with Gasteiger partial charge in [-0.1, -0.05) is 31.2 Å². The number of aliphatic hydroxyl groups is 2. The maximum Gasteiger partial charge on any atom is 0.127 e. The van der Waals surface area contributed by atoms with Gasteiger partial charge in [0.2, 0.25) is 0 Å². The Bertz CT molecular complexity index is 517. The Labute approximate surface area is 119 Å². The van der Waals surface area contributed by atoms with Crippen LogP contribution in [-0.4, -0.2) is 16.8 Å². The zero-order chi connectivity index (χ0) is 14.4.